The number of benzene rings is 1. The second kappa shape index (κ2) is 5.74. The molecule has 7 heteroatoms. The van der Waals surface area contributed by atoms with E-state index in [9.17, 15) is 13.6 Å². The van der Waals surface area contributed by atoms with Gasteiger partial charge in [-0.3, -0.25) is 9.48 Å². The standard InChI is InChI=1S/C22H22F2N4O/c23-16-6-15(7-17(24)8-16)19-4-5-25-28(19)20(29)22-10-21(11-22,12-22)13-27-9-14-2-1-3-18(14)26-27/h5-9,19H,1-4,10-13H2. The predicted octanol–water partition coefficient (Wildman–Crippen LogP) is 3.78. The van der Waals surface area contributed by atoms with Gasteiger partial charge < -0.3 is 0 Å². The van der Waals surface area contributed by atoms with E-state index < -0.39 is 17.7 Å². The molecule has 5 aliphatic rings. The van der Waals surface area contributed by atoms with Gasteiger partial charge in [-0.2, -0.15) is 10.2 Å². The molecule has 150 valence electrons. The molecule has 0 spiro atoms. The summed E-state index contributed by atoms with van der Waals surface area (Å²) in [7, 11) is 0. The molecule has 1 amide bonds. The minimum Gasteiger partial charge on any atom is -0.272 e. The van der Waals surface area contributed by atoms with Crippen molar-refractivity contribution in [2.75, 3.05) is 0 Å². The fraction of sp³-hybridized carbons (Fsp3) is 0.500. The number of carbonyl (C=O) groups is 1. The van der Waals surface area contributed by atoms with Crippen molar-refractivity contribution in [1.82, 2.24) is 14.8 Å². The largest absolute Gasteiger partial charge is 0.272 e. The molecule has 1 atom stereocenters. The van der Waals surface area contributed by atoms with Crippen LogP contribution in [0.15, 0.2) is 29.5 Å². The van der Waals surface area contributed by atoms with Crippen molar-refractivity contribution in [1.29, 1.82) is 0 Å². The smallest absolute Gasteiger partial charge is 0.249 e. The van der Waals surface area contributed by atoms with E-state index >= 15 is 0 Å². The lowest BCUT2D eigenvalue weighted by Gasteiger charge is -2.69. The van der Waals surface area contributed by atoms with E-state index in [1.165, 1.54) is 34.8 Å². The van der Waals surface area contributed by atoms with Crippen LogP contribution in [0.25, 0.3) is 0 Å². The number of hydrogen-bond donors (Lipinski definition) is 0. The Morgan fingerprint density at radius 2 is 1.90 bits per heavy atom. The third kappa shape index (κ3) is 2.52. The van der Waals surface area contributed by atoms with Gasteiger partial charge in [-0.1, -0.05) is 0 Å². The molecule has 0 radical (unpaired) electrons. The van der Waals surface area contributed by atoms with Gasteiger partial charge in [-0.15, -0.1) is 0 Å². The summed E-state index contributed by atoms with van der Waals surface area (Å²) >= 11 is 0. The zero-order valence-electron chi connectivity index (χ0n) is 16.1. The molecular weight excluding hydrogens is 374 g/mol. The van der Waals surface area contributed by atoms with Gasteiger partial charge in [0.1, 0.15) is 11.6 Å². The summed E-state index contributed by atoms with van der Waals surface area (Å²) in [6.45, 7) is 0.872. The summed E-state index contributed by atoms with van der Waals surface area (Å²) in [5, 5.41) is 10.4. The highest BCUT2D eigenvalue weighted by Gasteiger charge is 2.72. The zero-order valence-corrected chi connectivity index (χ0v) is 16.1. The first-order chi connectivity index (χ1) is 14.0. The number of nitrogens with zero attached hydrogens (tertiary/aromatic N) is 4. The Morgan fingerprint density at radius 1 is 1.14 bits per heavy atom. The topological polar surface area (TPSA) is 50.5 Å². The molecule has 2 bridgehead atoms. The van der Waals surface area contributed by atoms with Gasteiger partial charge in [0.25, 0.3) is 0 Å². The maximum Gasteiger partial charge on any atom is 0.249 e. The Balaban J connectivity index is 1.15. The van der Waals surface area contributed by atoms with Crippen LogP contribution in [-0.4, -0.2) is 26.9 Å². The zero-order chi connectivity index (χ0) is 19.8. The first kappa shape index (κ1) is 17.3. The Morgan fingerprint density at radius 3 is 2.62 bits per heavy atom. The van der Waals surface area contributed by atoms with E-state index in [1.807, 2.05) is 0 Å². The lowest BCUT2D eigenvalue weighted by atomic mass is 9.34. The van der Waals surface area contributed by atoms with Crippen LogP contribution >= 0.6 is 0 Å². The van der Waals surface area contributed by atoms with E-state index in [0.29, 0.717) is 12.0 Å². The van der Waals surface area contributed by atoms with Crippen molar-refractivity contribution in [3.63, 3.8) is 0 Å². The van der Waals surface area contributed by atoms with E-state index in [4.69, 9.17) is 5.10 Å². The average molecular weight is 396 g/mol. The number of aryl methyl sites for hydroxylation is 2. The van der Waals surface area contributed by atoms with Crippen LogP contribution in [0.1, 0.15) is 55.0 Å². The van der Waals surface area contributed by atoms with Crippen molar-refractivity contribution in [2.45, 2.75) is 57.5 Å². The fourth-order valence-corrected chi connectivity index (χ4v) is 6.08. The Kier molecular flexibility index (Phi) is 3.42. The maximum atomic E-state index is 13.7. The van der Waals surface area contributed by atoms with Crippen LogP contribution in [0, 0.1) is 22.5 Å². The number of rotatable bonds is 4. The molecule has 2 heterocycles. The van der Waals surface area contributed by atoms with E-state index in [-0.39, 0.29) is 16.7 Å². The summed E-state index contributed by atoms with van der Waals surface area (Å²) in [6.07, 6.45) is 10.3. The van der Waals surface area contributed by atoms with Gasteiger partial charge in [0.15, 0.2) is 0 Å². The van der Waals surface area contributed by atoms with E-state index in [0.717, 1.165) is 44.7 Å². The Hall–Kier alpha value is -2.57. The van der Waals surface area contributed by atoms with Crippen LogP contribution < -0.4 is 0 Å². The second-order valence-electron chi connectivity index (χ2n) is 9.36. The molecule has 3 saturated carbocycles. The molecule has 2 aromatic rings. The Bertz CT molecular complexity index is 998. The number of hydrazone groups is 1. The molecule has 5 nitrogen and oxygen atoms in total. The van der Waals surface area contributed by atoms with Crippen LogP contribution in [0.5, 0.6) is 0 Å². The third-order valence-electron chi connectivity index (χ3n) is 7.18. The maximum absolute atomic E-state index is 13.7. The van der Waals surface area contributed by atoms with Gasteiger partial charge >= 0.3 is 0 Å². The molecule has 3 fully saturated rings. The van der Waals surface area contributed by atoms with E-state index in [1.54, 1.807) is 6.21 Å². The van der Waals surface area contributed by atoms with E-state index in [2.05, 4.69) is 16.0 Å². The number of fused-ring (bicyclic) bond motifs is 1. The lowest BCUT2D eigenvalue weighted by molar-refractivity contribution is -0.223. The molecule has 1 aromatic carbocycles. The highest BCUT2D eigenvalue weighted by Crippen LogP contribution is 2.74. The molecule has 4 aliphatic carbocycles. The van der Waals surface area contributed by atoms with Crippen molar-refractivity contribution < 1.29 is 13.6 Å². The SMILES string of the molecule is O=C(N1N=CCC1c1cc(F)cc(F)c1)C12CC(Cn3cc4c(n3)CCC4)(C1)C2. The predicted molar refractivity (Wildman–Crippen MR) is 102 cm³/mol. The van der Waals surface area contributed by atoms with Crippen molar-refractivity contribution in [3.8, 4) is 0 Å². The number of amides is 1. The van der Waals surface area contributed by atoms with Gasteiger partial charge in [-0.25, -0.2) is 13.8 Å². The summed E-state index contributed by atoms with van der Waals surface area (Å²) in [6, 6.07) is 3.01. The summed E-state index contributed by atoms with van der Waals surface area (Å²) < 4.78 is 29.4. The molecule has 1 aromatic heterocycles. The number of hydrogen-bond acceptors (Lipinski definition) is 3. The first-order valence-electron chi connectivity index (χ1n) is 10.3. The van der Waals surface area contributed by atoms with Gasteiger partial charge in [0, 0.05) is 31.4 Å². The summed E-state index contributed by atoms with van der Waals surface area (Å²) in [5.74, 6) is -1.27. The Labute approximate surface area is 167 Å². The van der Waals surface area contributed by atoms with Gasteiger partial charge in [0.05, 0.1) is 17.2 Å². The highest BCUT2D eigenvalue weighted by atomic mass is 19.1. The molecular formula is C22H22F2N4O. The third-order valence-corrected chi connectivity index (χ3v) is 7.18. The van der Waals surface area contributed by atoms with Crippen molar-refractivity contribution in [2.24, 2.45) is 15.9 Å². The summed E-state index contributed by atoms with van der Waals surface area (Å²) in [5.41, 5.74) is 2.87. The van der Waals surface area contributed by atoms with Gasteiger partial charge in [0.2, 0.25) is 5.91 Å². The molecule has 0 N–H and O–H groups in total. The lowest BCUT2D eigenvalue weighted by Crippen LogP contribution is -2.68. The minimum absolute atomic E-state index is 0.00856. The molecule has 1 unspecified atom stereocenters. The van der Waals surface area contributed by atoms with Crippen molar-refractivity contribution >= 4 is 12.1 Å². The number of carbonyl (C=O) groups excluding carboxylic acids is 1. The molecule has 29 heavy (non-hydrogen) atoms. The van der Waals surface area contributed by atoms with Crippen LogP contribution in [-0.2, 0) is 24.2 Å². The normalized spacial score (nSPS) is 31.5. The minimum atomic E-state index is -0.630. The quantitative estimate of drug-likeness (QED) is 0.790. The van der Waals surface area contributed by atoms with Crippen LogP contribution in [0.4, 0.5) is 8.78 Å². The molecule has 0 saturated heterocycles. The van der Waals surface area contributed by atoms with Crippen LogP contribution in [0.2, 0.25) is 0 Å². The first-order valence-corrected chi connectivity index (χ1v) is 10.3. The average Bonchev–Trinajstić information content (AvgIpc) is 3.30. The number of aromatic nitrogens is 2. The number of halogens is 2. The highest BCUT2D eigenvalue weighted by molar-refractivity contribution is 5.88. The fourth-order valence-electron chi connectivity index (χ4n) is 6.08. The molecule has 1 aliphatic heterocycles. The van der Waals surface area contributed by atoms with Gasteiger partial charge in [-0.05, 0) is 67.2 Å². The monoisotopic (exact) mass is 396 g/mol. The van der Waals surface area contributed by atoms with Crippen molar-refractivity contribution in [3.05, 3.63) is 52.9 Å². The molecule has 7 rings (SSSR count). The second-order valence-corrected chi connectivity index (χ2v) is 9.36. The van der Waals surface area contributed by atoms with Crippen LogP contribution in [0.3, 0.4) is 0 Å². The summed E-state index contributed by atoms with van der Waals surface area (Å²) in [4.78, 5) is 13.3.